The van der Waals surface area contributed by atoms with Gasteiger partial charge in [0.2, 0.25) is 0 Å². The van der Waals surface area contributed by atoms with Gasteiger partial charge in [-0.1, -0.05) is 57.6 Å². The first-order valence-electron chi connectivity index (χ1n) is 7.63. The number of rotatable bonds is 13. The molecule has 0 N–H and O–H groups in total. The summed E-state index contributed by atoms with van der Waals surface area (Å²) in [5.74, 6) is -3.65. The standard InChI is InChI=1S/C16H28O4.2K/c1-2-3-4-5-6-7-8-9-10-11-12-14(16(19)20)13-15(17)18;;/h10-11,14H,2-9,12-13H2,1H3,(H,17,18)(H,19,20);;/q;2*+1/p-2/b11-10+;;. The van der Waals surface area contributed by atoms with Gasteiger partial charge in [-0.05, 0) is 25.7 Å². The number of carbonyl (C=O) groups is 2. The maximum Gasteiger partial charge on any atom is 1.00 e. The fourth-order valence-corrected chi connectivity index (χ4v) is 2.06. The quantitative estimate of drug-likeness (QED) is 0.189. The third kappa shape index (κ3) is 20.0. The fraction of sp³-hybridized carbons (Fsp3) is 0.750. The van der Waals surface area contributed by atoms with Crippen LogP contribution in [0.15, 0.2) is 12.2 Å². The predicted molar refractivity (Wildman–Crippen MR) is 74.5 cm³/mol. The molecule has 0 aliphatic rings. The molecule has 0 heterocycles. The summed E-state index contributed by atoms with van der Waals surface area (Å²) in [6.07, 6.45) is 13.0. The van der Waals surface area contributed by atoms with Gasteiger partial charge in [0, 0.05) is 17.9 Å². The van der Waals surface area contributed by atoms with E-state index in [0.29, 0.717) is 0 Å². The van der Waals surface area contributed by atoms with E-state index in [9.17, 15) is 19.8 Å². The second-order valence-corrected chi connectivity index (χ2v) is 5.21. The number of carbonyl (C=O) groups excluding carboxylic acids is 2. The number of allylic oxidation sites excluding steroid dienone is 2. The molecule has 4 nitrogen and oxygen atoms in total. The van der Waals surface area contributed by atoms with Crippen molar-refractivity contribution in [2.75, 3.05) is 0 Å². The van der Waals surface area contributed by atoms with Gasteiger partial charge >= 0.3 is 103 Å². The van der Waals surface area contributed by atoms with Crippen LogP contribution in [0.2, 0.25) is 0 Å². The Balaban J connectivity index is -0.00000180. The molecule has 1 unspecified atom stereocenters. The van der Waals surface area contributed by atoms with E-state index >= 15 is 0 Å². The van der Waals surface area contributed by atoms with Gasteiger partial charge in [0.05, 0.1) is 0 Å². The Hall–Kier alpha value is 1.95. The number of hydrogen-bond donors (Lipinski definition) is 0. The van der Waals surface area contributed by atoms with E-state index in [1.54, 1.807) is 6.08 Å². The Morgan fingerprint density at radius 3 is 1.95 bits per heavy atom. The number of carboxylic acids is 2. The molecule has 0 fully saturated rings. The third-order valence-electron chi connectivity index (χ3n) is 3.31. The molecule has 0 bridgehead atoms. The van der Waals surface area contributed by atoms with Gasteiger partial charge in [0.1, 0.15) is 0 Å². The van der Waals surface area contributed by atoms with E-state index in [0.717, 1.165) is 12.8 Å². The first kappa shape index (κ1) is 28.7. The Bertz CT molecular complexity index is 307. The van der Waals surface area contributed by atoms with Crippen molar-refractivity contribution in [2.24, 2.45) is 5.92 Å². The molecule has 0 aliphatic heterocycles. The van der Waals surface area contributed by atoms with E-state index in [1.165, 1.54) is 38.5 Å². The van der Waals surface area contributed by atoms with Crippen LogP contribution in [0.4, 0.5) is 0 Å². The zero-order valence-corrected chi connectivity index (χ0v) is 20.7. The average Bonchev–Trinajstić information content (AvgIpc) is 2.39. The second kappa shape index (κ2) is 21.0. The van der Waals surface area contributed by atoms with Crippen molar-refractivity contribution in [1.82, 2.24) is 0 Å². The molecule has 0 saturated heterocycles. The van der Waals surface area contributed by atoms with Crippen molar-refractivity contribution in [3.63, 3.8) is 0 Å². The average molecular weight is 361 g/mol. The minimum atomic E-state index is -1.35. The van der Waals surface area contributed by atoms with E-state index in [4.69, 9.17) is 0 Å². The molecular weight excluding hydrogens is 334 g/mol. The molecule has 1 atom stereocenters. The Labute approximate surface area is 219 Å². The van der Waals surface area contributed by atoms with Crippen molar-refractivity contribution < 1.29 is 123 Å². The summed E-state index contributed by atoms with van der Waals surface area (Å²) in [5, 5.41) is 21.1. The summed E-state index contributed by atoms with van der Waals surface area (Å²) in [5.41, 5.74) is 0. The first-order chi connectivity index (χ1) is 9.57. The molecule has 22 heavy (non-hydrogen) atoms. The molecule has 0 saturated carbocycles. The summed E-state index contributed by atoms with van der Waals surface area (Å²) < 4.78 is 0. The molecule has 0 aromatic rings. The normalized spacial score (nSPS) is 11.5. The van der Waals surface area contributed by atoms with Crippen LogP contribution in [0.3, 0.4) is 0 Å². The van der Waals surface area contributed by atoms with Crippen molar-refractivity contribution in [2.45, 2.75) is 71.1 Å². The van der Waals surface area contributed by atoms with Crippen LogP contribution < -0.4 is 113 Å². The number of unbranched alkanes of at least 4 members (excludes halogenated alkanes) is 7. The van der Waals surface area contributed by atoms with Crippen LogP contribution in [0.25, 0.3) is 0 Å². The summed E-state index contributed by atoms with van der Waals surface area (Å²) >= 11 is 0. The van der Waals surface area contributed by atoms with Crippen molar-refractivity contribution in [3.05, 3.63) is 12.2 Å². The monoisotopic (exact) mass is 360 g/mol. The summed E-state index contributed by atoms with van der Waals surface area (Å²) in [7, 11) is 0. The van der Waals surface area contributed by atoms with Crippen molar-refractivity contribution in [1.29, 1.82) is 0 Å². The van der Waals surface area contributed by atoms with E-state index in [2.05, 4.69) is 6.92 Å². The summed E-state index contributed by atoms with van der Waals surface area (Å²) in [6.45, 7) is 2.20. The van der Waals surface area contributed by atoms with Gasteiger partial charge in [0.15, 0.2) is 0 Å². The molecular formula is C16H26K2O4. The van der Waals surface area contributed by atoms with Crippen molar-refractivity contribution in [3.8, 4) is 0 Å². The van der Waals surface area contributed by atoms with E-state index in [1.807, 2.05) is 6.08 Å². The SMILES string of the molecule is CCCCCCCCC/C=C/CC(CC(=O)[O-])C(=O)[O-].[K+].[K+]. The maximum atomic E-state index is 10.7. The van der Waals surface area contributed by atoms with Gasteiger partial charge in [-0.25, -0.2) is 0 Å². The molecule has 0 radical (unpaired) electrons. The smallest absolute Gasteiger partial charge is 0.550 e. The molecule has 6 heteroatoms. The van der Waals surface area contributed by atoms with Gasteiger partial charge in [-0.15, -0.1) is 0 Å². The molecule has 0 amide bonds. The third-order valence-corrected chi connectivity index (χ3v) is 3.31. The second-order valence-electron chi connectivity index (χ2n) is 5.21. The summed E-state index contributed by atoms with van der Waals surface area (Å²) in [6, 6.07) is 0. The van der Waals surface area contributed by atoms with Gasteiger partial charge in [0.25, 0.3) is 0 Å². The van der Waals surface area contributed by atoms with Crippen molar-refractivity contribution >= 4 is 11.9 Å². The van der Waals surface area contributed by atoms with Crippen LogP contribution in [0.1, 0.15) is 71.1 Å². The number of aliphatic carboxylic acids is 2. The molecule has 0 aromatic heterocycles. The Kier molecular flexibility index (Phi) is 27.4. The minimum Gasteiger partial charge on any atom is -0.550 e. The van der Waals surface area contributed by atoms with Crippen LogP contribution in [-0.4, -0.2) is 11.9 Å². The summed E-state index contributed by atoms with van der Waals surface area (Å²) in [4.78, 5) is 21.1. The Morgan fingerprint density at radius 2 is 1.45 bits per heavy atom. The van der Waals surface area contributed by atoms with Crippen LogP contribution in [0, 0.1) is 5.92 Å². The molecule has 0 rings (SSSR count). The van der Waals surface area contributed by atoms with E-state index < -0.39 is 24.3 Å². The molecule has 0 aromatic carbocycles. The zero-order chi connectivity index (χ0) is 15.2. The van der Waals surface area contributed by atoms with Gasteiger partial charge in [-0.3, -0.25) is 0 Å². The first-order valence-corrected chi connectivity index (χ1v) is 7.63. The van der Waals surface area contributed by atoms with Crippen LogP contribution in [0.5, 0.6) is 0 Å². The van der Waals surface area contributed by atoms with Gasteiger partial charge in [-0.2, -0.15) is 0 Å². The topological polar surface area (TPSA) is 80.3 Å². The van der Waals surface area contributed by atoms with Crippen LogP contribution in [-0.2, 0) is 9.59 Å². The molecule has 0 spiro atoms. The number of hydrogen-bond acceptors (Lipinski definition) is 4. The molecule has 116 valence electrons. The fourth-order valence-electron chi connectivity index (χ4n) is 2.06. The maximum absolute atomic E-state index is 10.7. The van der Waals surface area contributed by atoms with Crippen LogP contribution >= 0.6 is 0 Å². The predicted octanol–water partition coefficient (Wildman–Crippen LogP) is -4.41. The van der Waals surface area contributed by atoms with E-state index in [-0.39, 0.29) is 109 Å². The number of carboxylic acid groups (broad SMARTS) is 2. The minimum absolute atomic E-state index is 0. The zero-order valence-electron chi connectivity index (χ0n) is 14.4. The van der Waals surface area contributed by atoms with Gasteiger partial charge < -0.3 is 19.8 Å². The largest absolute Gasteiger partial charge is 1.00 e. The Morgan fingerprint density at radius 1 is 0.909 bits per heavy atom. The molecule has 0 aliphatic carbocycles.